The van der Waals surface area contributed by atoms with Crippen LogP contribution in [0.25, 0.3) is 0 Å². The number of hydrogen-bond acceptors (Lipinski definition) is 3. The zero-order chi connectivity index (χ0) is 16.7. The number of halogens is 1. The summed E-state index contributed by atoms with van der Waals surface area (Å²) in [7, 11) is 0. The Kier molecular flexibility index (Phi) is 4.06. The molecule has 2 aliphatic rings. The van der Waals surface area contributed by atoms with Crippen molar-refractivity contribution in [3.05, 3.63) is 56.7 Å². The fourth-order valence-electron chi connectivity index (χ4n) is 3.56. The second-order valence-electron chi connectivity index (χ2n) is 6.23. The second-order valence-corrected chi connectivity index (χ2v) is 7.70. The van der Waals surface area contributed by atoms with Gasteiger partial charge >= 0.3 is 0 Å². The van der Waals surface area contributed by atoms with Gasteiger partial charge in [-0.3, -0.25) is 9.59 Å². The van der Waals surface area contributed by atoms with Crippen LogP contribution in [-0.4, -0.2) is 41.2 Å². The highest BCUT2D eigenvalue weighted by atomic mass is 35.5. The number of thiophene rings is 1. The summed E-state index contributed by atoms with van der Waals surface area (Å²) in [6, 6.07) is 9.67. The molecule has 2 aliphatic heterocycles. The molecule has 1 aromatic carbocycles. The molecule has 1 saturated heterocycles. The van der Waals surface area contributed by atoms with E-state index in [1.165, 1.54) is 5.56 Å². The molecule has 3 heterocycles. The van der Waals surface area contributed by atoms with E-state index in [0.29, 0.717) is 24.5 Å². The van der Waals surface area contributed by atoms with Gasteiger partial charge in [-0.05, 0) is 41.1 Å². The molecule has 1 atom stereocenters. The van der Waals surface area contributed by atoms with Crippen LogP contribution in [0.3, 0.4) is 0 Å². The summed E-state index contributed by atoms with van der Waals surface area (Å²) in [6.07, 6.45) is 1.21. The van der Waals surface area contributed by atoms with Crippen LogP contribution in [0, 0.1) is 0 Å². The lowest BCUT2D eigenvalue weighted by atomic mass is 9.90. The van der Waals surface area contributed by atoms with Gasteiger partial charge in [-0.1, -0.05) is 23.7 Å². The van der Waals surface area contributed by atoms with Crippen LogP contribution in [0.5, 0.6) is 0 Å². The molecule has 0 N–H and O–H groups in total. The number of benzene rings is 1. The predicted octanol–water partition coefficient (Wildman–Crippen LogP) is 2.91. The summed E-state index contributed by atoms with van der Waals surface area (Å²) >= 11 is 7.72. The zero-order valence-electron chi connectivity index (χ0n) is 13.1. The largest absolute Gasteiger partial charge is 0.332 e. The lowest BCUT2D eigenvalue weighted by Gasteiger charge is -2.44. The first-order valence-electron chi connectivity index (χ1n) is 8.00. The Morgan fingerprint density at radius 3 is 3.00 bits per heavy atom. The second kappa shape index (κ2) is 6.22. The van der Waals surface area contributed by atoms with Crippen molar-refractivity contribution in [3.8, 4) is 0 Å². The minimum atomic E-state index is -0.0824. The summed E-state index contributed by atoms with van der Waals surface area (Å²) in [4.78, 5) is 29.8. The SMILES string of the molecule is O=C(Cc1cccs1)N1CC(=O)N2CCc3ccc(Cl)cc3C2C1. The summed E-state index contributed by atoms with van der Waals surface area (Å²) in [5.41, 5.74) is 2.30. The lowest BCUT2D eigenvalue weighted by Crippen LogP contribution is -2.55. The molecule has 4 rings (SSSR count). The van der Waals surface area contributed by atoms with Gasteiger partial charge in [0.05, 0.1) is 19.0 Å². The van der Waals surface area contributed by atoms with E-state index in [1.54, 1.807) is 16.2 Å². The van der Waals surface area contributed by atoms with Crippen molar-refractivity contribution in [1.29, 1.82) is 0 Å². The average Bonchev–Trinajstić information content (AvgIpc) is 3.07. The van der Waals surface area contributed by atoms with E-state index >= 15 is 0 Å². The van der Waals surface area contributed by atoms with Crippen LogP contribution < -0.4 is 0 Å². The van der Waals surface area contributed by atoms with Crippen LogP contribution in [0.2, 0.25) is 5.02 Å². The van der Waals surface area contributed by atoms with Gasteiger partial charge in [-0.15, -0.1) is 11.3 Å². The molecule has 24 heavy (non-hydrogen) atoms. The molecule has 6 heteroatoms. The van der Waals surface area contributed by atoms with Crippen molar-refractivity contribution in [2.75, 3.05) is 19.6 Å². The number of carbonyl (C=O) groups excluding carboxylic acids is 2. The first kappa shape index (κ1) is 15.7. The number of rotatable bonds is 2. The van der Waals surface area contributed by atoms with E-state index in [4.69, 9.17) is 11.6 Å². The third-order valence-electron chi connectivity index (χ3n) is 4.76. The number of piperazine rings is 1. The first-order valence-corrected chi connectivity index (χ1v) is 9.25. The maximum Gasteiger partial charge on any atom is 0.242 e. The molecule has 2 aromatic rings. The number of nitrogens with zero attached hydrogens (tertiary/aromatic N) is 2. The van der Waals surface area contributed by atoms with Crippen molar-refractivity contribution >= 4 is 34.8 Å². The van der Waals surface area contributed by atoms with Gasteiger partial charge in [0, 0.05) is 23.0 Å². The molecule has 0 spiro atoms. The first-order chi connectivity index (χ1) is 11.6. The summed E-state index contributed by atoms with van der Waals surface area (Å²) in [5.74, 6) is 0.0380. The quantitative estimate of drug-likeness (QED) is 0.826. The highest BCUT2D eigenvalue weighted by Crippen LogP contribution is 2.34. The van der Waals surface area contributed by atoms with E-state index in [9.17, 15) is 9.59 Å². The smallest absolute Gasteiger partial charge is 0.242 e. The Labute approximate surface area is 149 Å². The Bertz CT molecular complexity index is 790. The molecule has 1 aromatic heterocycles. The predicted molar refractivity (Wildman–Crippen MR) is 94.2 cm³/mol. The van der Waals surface area contributed by atoms with Crippen molar-refractivity contribution in [2.24, 2.45) is 0 Å². The van der Waals surface area contributed by atoms with Crippen LogP contribution in [0.15, 0.2) is 35.7 Å². The summed E-state index contributed by atoms with van der Waals surface area (Å²) < 4.78 is 0. The van der Waals surface area contributed by atoms with Gasteiger partial charge in [0.1, 0.15) is 0 Å². The molecule has 2 amide bonds. The molecule has 0 bridgehead atoms. The third-order valence-corrected chi connectivity index (χ3v) is 5.87. The van der Waals surface area contributed by atoms with Crippen molar-refractivity contribution < 1.29 is 9.59 Å². The van der Waals surface area contributed by atoms with E-state index in [0.717, 1.165) is 16.9 Å². The van der Waals surface area contributed by atoms with E-state index in [1.807, 2.05) is 40.6 Å². The lowest BCUT2D eigenvalue weighted by molar-refractivity contribution is -0.149. The molecular weight excluding hydrogens is 344 g/mol. The fourth-order valence-corrected chi connectivity index (χ4v) is 4.43. The molecule has 124 valence electrons. The summed E-state index contributed by atoms with van der Waals surface area (Å²) in [6.45, 7) is 1.44. The van der Waals surface area contributed by atoms with Gasteiger partial charge < -0.3 is 9.80 Å². The van der Waals surface area contributed by atoms with E-state index in [2.05, 4.69) is 0 Å². The van der Waals surface area contributed by atoms with Crippen LogP contribution in [0.1, 0.15) is 22.0 Å². The van der Waals surface area contributed by atoms with Crippen molar-refractivity contribution in [2.45, 2.75) is 18.9 Å². The zero-order valence-corrected chi connectivity index (χ0v) is 14.6. The Morgan fingerprint density at radius 1 is 1.33 bits per heavy atom. The van der Waals surface area contributed by atoms with Crippen molar-refractivity contribution in [1.82, 2.24) is 9.80 Å². The van der Waals surface area contributed by atoms with Crippen LogP contribution in [-0.2, 0) is 22.4 Å². The minimum absolute atomic E-state index is 0.0135. The maximum atomic E-state index is 12.6. The van der Waals surface area contributed by atoms with Crippen LogP contribution >= 0.6 is 22.9 Å². The van der Waals surface area contributed by atoms with Gasteiger partial charge in [0.2, 0.25) is 11.8 Å². The third kappa shape index (κ3) is 2.82. The Balaban J connectivity index is 1.59. The molecule has 0 saturated carbocycles. The van der Waals surface area contributed by atoms with Crippen molar-refractivity contribution in [3.63, 3.8) is 0 Å². The normalized spacial score (nSPS) is 19.9. The molecule has 1 fully saturated rings. The summed E-state index contributed by atoms with van der Waals surface area (Å²) in [5, 5.41) is 2.63. The topological polar surface area (TPSA) is 40.6 Å². The monoisotopic (exact) mass is 360 g/mol. The highest BCUT2D eigenvalue weighted by molar-refractivity contribution is 7.10. The van der Waals surface area contributed by atoms with Gasteiger partial charge in [-0.25, -0.2) is 0 Å². The molecule has 0 aliphatic carbocycles. The number of amides is 2. The highest BCUT2D eigenvalue weighted by Gasteiger charge is 2.38. The molecule has 1 unspecified atom stereocenters. The average molecular weight is 361 g/mol. The van der Waals surface area contributed by atoms with E-state index < -0.39 is 0 Å². The molecular formula is C18H17ClN2O2S. The molecule has 0 radical (unpaired) electrons. The number of fused-ring (bicyclic) bond motifs is 3. The minimum Gasteiger partial charge on any atom is -0.332 e. The van der Waals surface area contributed by atoms with Crippen LogP contribution in [0.4, 0.5) is 0 Å². The van der Waals surface area contributed by atoms with E-state index in [-0.39, 0.29) is 24.4 Å². The van der Waals surface area contributed by atoms with Gasteiger partial charge in [0.15, 0.2) is 0 Å². The molecule has 4 nitrogen and oxygen atoms in total. The van der Waals surface area contributed by atoms with Gasteiger partial charge in [-0.2, -0.15) is 0 Å². The number of hydrogen-bond donors (Lipinski definition) is 0. The Hall–Kier alpha value is -1.85. The standard InChI is InChI=1S/C18H17ClN2O2S/c19-13-4-3-12-5-6-21-16(15(12)8-13)10-20(11-18(21)23)17(22)9-14-2-1-7-24-14/h1-4,7-8,16H,5-6,9-11H2. The number of carbonyl (C=O) groups is 2. The van der Waals surface area contributed by atoms with Gasteiger partial charge in [0.25, 0.3) is 0 Å². The maximum absolute atomic E-state index is 12.6. The fraction of sp³-hybridized carbons (Fsp3) is 0.333. The Morgan fingerprint density at radius 2 is 2.21 bits per heavy atom.